The number of hydrogen-bond acceptors (Lipinski definition) is 5. The van der Waals surface area contributed by atoms with E-state index in [-0.39, 0.29) is 5.91 Å². The highest BCUT2D eigenvalue weighted by molar-refractivity contribution is 5.90. The van der Waals surface area contributed by atoms with Crippen molar-refractivity contribution in [2.75, 3.05) is 30.3 Å². The van der Waals surface area contributed by atoms with Crippen molar-refractivity contribution in [3.05, 3.63) is 72.1 Å². The Morgan fingerprint density at radius 2 is 1.86 bits per heavy atom. The Bertz CT molecular complexity index is 841. The third kappa shape index (κ3) is 6.26. The molecule has 0 aromatic heterocycles. The molecule has 0 atom stereocenters. The van der Waals surface area contributed by atoms with E-state index in [0.717, 1.165) is 43.0 Å². The summed E-state index contributed by atoms with van der Waals surface area (Å²) >= 11 is 0. The van der Waals surface area contributed by atoms with Crippen LogP contribution in [0.4, 0.5) is 11.4 Å². The number of amides is 1. The molecule has 0 saturated carbocycles. The van der Waals surface area contributed by atoms with Crippen LogP contribution in [0.5, 0.6) is 0 Å². The minimum Gasteiger partial charge on any atom is -0.360 e. The van der Waals surface area contributed by atoms with E-state index in [4.69, 9.17) is 5.53 Å². The number of likely N-dealkylation sites (tertiary alicyclic amines) is 1. The number of para-hydroxylation sites is 1. The van der Waals surface area contributed by atoms with Gasteiger partial charge < -0.3 is 10.6 Å². The number of carbonyl (C=O) groups is 1. The molecule has 1 saturated heterocycles. The largest absolute Gasteiger partial charge is 0.360 e. The van der Waals surface area contributed by atoms with Gasteiger partial charge in [-0.05, 0) is 61.7 Å². The fourth-order valence-electron chi connectivity index (χ4n) is 3.59. The van der Waals surface area contributed by atoms with E-state index in [1.807, 2.05) is 55.6 Å². The zero-order chi connectivity index (χ0) is 20.5. The van der Waals surface area contributed by atoms with Crippen LogP contribution in [0.2, 0.25) is 0 Å². The molecule has 6 nitrogen and oxygen atoms in total. The fraction of sp³-hybridized carbons (Fsp3) is 0.348. The zero-order valence-electron chi connectivity index (χ0n) is 16.9. The Hall–Kier alpha value is -2.99. The minimum atomic E-state index is 0.0412. The summed E-state index contributed by atoms with van der Waals surface area (Å²) in [4.78, 5) is 14.0. The van der Waals surface area contributed by atoms with Gasteiger partial charge in [-0.15, -0.1) is 0 Å². The summed E-state index contributed by atoms with van der Waals surface area (Å²) in [5.74, 6) is 0.534. The minimum absolute atomic E-state index is 0.0412. The lowest BCUT2D eigenvalue weighted by molar-refractivity contribution is -0.115. The predicted molar refractivity (Wildman–Crippen MR) is 117 cm³/mol. The van der Waals surface area contributed by atoms with Gasteiger partial charge in [-0.25, -0.2) is 5.53 Å². The number of benzene rings is 2. The monoisotopic (exact) mass is 391 g/mol. The van der Waals surface area contributed by atoms with Gasteiger partial charge in [-0.2, -0.15) is 5.11 Å². The molecule has 0 aliphatic carbocycles. The molecule has 6 heteroatoms. The van der Waals surface area contributed by atoms with E-state index in [2.05, 4.69) is 32.8 Å². The molecule has 2 aromatic rings. The maximum atomic E-state index is 11.6. The van der Waals surface area contributed by atoms with Gasteiger partial charge in [0.2, 0.25) is 5.91 Å². The summed E-state index contributed by atoms with van der Waals surface area (Å²) in [6.45, 7) is 4.46. The van der Waals surface area contributed by atoms with Crippen molar-refractivity contribution in [2.45, 2.75) is 32.1 Å². The number of nitrogens with zero attached hydrogens (tertiary/aromatic N) is 2. The molecule has 0 unspecified atom stereocenters. The quantitative estimate of drug-likeness (QED) is 0.541. The summed E-state index contributed by atoms with van der Waals surface area (Å²) in [5.41, 5.74) is 11.3. The zero-order valence-corrected chi connectivity index (χ0v) is 16.9. The van der Waals surface area contributed by atoms with Crippen LogP contribution in [0.1, 0.15) is 37.7 Å². The van der Waals surface area contributed by atoms with Crippen LogP contribution < -0.4 is 10.6 Å². The molecule has 1 aliphatic heterocycles. The second-order valence-corrected chi connectivity index (χ2v) is 7.34. The average molecular weight is 392 g/mol. The first-order chi connectivity index (χ1) is 14.2. The van der Waals surface area contributed by atoms with E-state index in [1.165, 1.54) is 5.56 Å². The lowest BCUT2D eigenvalue weighted by Crippen LogP contribution is -2.34. The second kappa shape index (κ2) is 10.5. The predicted octanol–water partition coefficient (Wildman–Crippen LogP) is 5.20. The molecule has 152 valence electrons. The molecule has 29 heavy (non-hydrogen) atoms. The van der Waals surface area contributed by atoms with Gasteiger partial charge in [0.25, 0.3) is 0 Å². The number of carbonyl (C=O) groups excluding carboxylic acids is 1. The van der Waals surface area contributed by atoms with Gasteiger partial charge in [0.15, 0.2) is 0 Å². The molecule has 0 radical (unpaired) electrons. The van der Waals surface area contributed by atoms with Crippen LogP contribution in [0, 0.1) is 5.53 Å². The molecule has 0 spiro atoms. The SMILES string of the molecule is CCC(=O)Nc1cccc(C2CCN(C/C(=C/Nc3ccccc3)N=N)CC2)c1. The first kappa shape index (κ1) is 20.7. The highest BCUT2D eigenvalue weighted by atomic mass is 16.1. The summed E-state index contributed by atoms with van der Waals surface area (Å²) in [7, 11) is 0. The standard InChI is InChI=1S/C23H29N5O/c1-2-23(29)26-21-10-6-7-19(15-21)18-11-13-28(14-12-18)17-22(27-24)16-25-20-8-4-3-5-9-20/h3-10,15-16,18,24-25H,2,11-14,17H2,1H3,(H,26,29)/b22-16-,27-24?. The van der Waals surface area contributed by atoms with Crippen molar-refractivity contribution in [2.24, 2.45) is 5.11 Å². The van der Waals surface area contributed by atoms with Crippen molar-refractivity contribution in [1.29, 1.82) is 5.53 Å². The van der Waals surface area contributed by atoms with Crippen LogP contribution in [0.15, 0.2) is 71.6 Å². The summed E-state index contributed by atoms with van der Waals surface area (Å²) < 4.78 is 0. The fourth-order valence-corrected chi connectivity index (χ4v) is 3.59. The molecular weight excluding hydrogens is 362 g/mol. The Labute approximate surface area is 172 Å². The van der Waals surface area contributed by atoms with Crippen molar-refractivity contribution in [3.8, 4) is 0 Å². The molecule has 1 amide bonds. The molecule has 3 N–H and O–H groups in total. The van der Waals surface area contributed by atoms with Gasteiger partial charge in [0.05, 0.1) is 5.70 Å². The molecule has 1 aliphatic rings. The number of rotatable bonds is 8. The summed E-state index contributed by atoms with van der Waals surface area (Å²) in [6.07, 6.45) is 4.41. The summed E-state index contributed by atoms with van der Waals surface area (Å²) in [6, 6.07) is 18.1. The lowest BCUT2D eigenvalue weighted by Gasteiger charge is -2.32. The van der Waals surface area contributed by atoms with Gasteiger partial charge >= 0.3 is 0 Å². The number of nitrogens with one attached hydrogen (secondary N) is 3. The van der Waals surface area contributed by atoms with Crippen LogP contribution in [-0.4, -0.2) is 30.4 Å². The Kier molecular flexibility index (Phi) is 7.53. The molecule has 0 bridgehead atoms. The van der Waals surface area contributed by atoms with Crippen molar-refractivity contribution in [1.82, 2.24) is 4.90 Å². The highest BCUT2D eigenvalue weighted by Crippen LogP contribution is 2.30. The average Bonchev–Trinajstić information content (AvgIpc) is 2.78. The van der Waals surface area contributed by atoms with Crippen molar-refractivity contribution < 1.29 is 4.79 Å². The van der Waals surface area contributed by atoms with Crippen LogP contribution in [0.3, 0.4) is 0 Å². The smallest absolute Gasteiger partial charge is 0.224 e. The topological polar surface area (TPSA) is 80.6 Å². The Balaban J connectivity index is 1.52. The van der Waals surface area contributed by atoms with E-state index in [9.17, 15) is 4.79 Å². The van der Waals surface area contributed by atoms with Gasteiger partial charge in [-0.3, -0.25) is 9.69 Å². The van der Waals surface area contributed by atoms with Crippen LogP contribution in [-0.2, 0) is 4.79 Å². The number of anilines is 2. The molecule has 1 heterocycles. The van der Waals surface area contributed by atoms with E-state index >= 15 is 0 Å². The maximum Gasteiger partial charge on any atom is 0.224 e. The maximum absolute atomic E-state index is 11.6. The molecule has 2 aromatic carbocycles. The van der Waals surface area contributed by atoms with E-state index < -0.39 is 0 Å². The Morgan fingerprint density at radius 1 is 1.14 bits per heavy atom. The second-order valence-electron chi connectivity index (χ2n) is 7.34. The van der Waals surface area contributed by atoms with Crippen molar-refractivity contribution >= 4 is 17.3 Å². The van der Waals surface area contributed by atoms with Gasteiger partial charge in [0, 0.05) is 30.5 Å². The van der Waals surface area contributed by atoms with Crippen molar-refractivity contribution in [3.63, 3.8) is 0 Å². The lowest BCUT2D eigenvalue weighted by atomic mass is 9.89. The van der Waals surface area contributed by atoms with Gasteiger partial charge in [-0.1, -0.05) is 37.3 Å². The molecular formula is C23H29N5O. The normalized spacial score (nSPS) is 15.7. The Morgan fingerprint density at radius 3 is 2.55 bits per heavy atom. The van der Waals surface area contributed by atoms with Crippen LogP contribution >= 0.6 is 0 Å². The van der Waals surface area contributed by atoms with Crippen LogP contribution in [0.25, 0.3) is 0 Å². The first-order valence-electron chi connectivity index (χ1n) is 10.2. The molecule has 1 fully saturated rings. The van der Waals surface area contributed by atoms with E-state index in [1.54, 1.807) is 0 Å². The number of piperidine rings is 1. The number of hydrogen-bond donors (Lipinski definition) is 3. The highest BCUT2D eigenvalue weighted by Gasteiger charge is 2.21. The third-order valence-electron chi connectivity index (χ3n) is 5.26. The molecule has 3 rings (SSSR count). The first-order valence-corrected chi connectivity index (χ1v) is 10.2. The van der Waals surface area contributed by atoms with Gasteiger partial charge in [0.1, 0.15) is 0 Å². The van der Waals surface area contributed by atoms with E-state index in [0.29, 0.717) is 18.9 Å². The third-order valence-corrected chi connectivity index (χ3v) is 5.26. The summed E-state index contributed by atoms with van der Waals surface area (Å²) in [5, 5.41) is 9.84.